The van der Waals surface area contributed by atoms with E-state index < -0.39 is 0 Å². The number of nitrogens with zero attached hydrogens (tertiary/aromatic N) is 2. The zero-order valence-corrected chi connectivity index (χ0v) is 16.0. The van der Waals surface area contributed by atoms with Crippen molar-refractivity contribution in [1.29, 1.82) is 0 Å². The Morgan fingerprint density at radius 2 is 2.28 bits per heavy atom. The average molecular weight is 383 g/mol. The van der Waals surface area contributed by atoms with Crippen molar-refractivity contribution in [2.24, 2.45) is 10.4 Å². The fourth-order valence-electron chi connectivity index (χ4n) is 3.79. The van der Waals surface area contributed by atoms with Crippen LogP contribution in [0.3, 0.4) is 0 Å². The van der Waals surface area contributed by atoms with Gasteiger partial charge in [0.15, 0.2) is 5.96 Å². The summed E-state index contributed by atoms with van der Waals surface area (Å²) in [5.74, 6) is 1.06. The summed E-state index contributed by atoms with van der Waals surface area (Å²) in [5, 5.41) is 7.75. The maximum atomic E-state index is 11.6. The van der Waals surface area contributed by atoms with E-state index in [2.05, 4.69) is 20.5 Å². The third-order valence-corrected chi connectivity index (χ3v) is 5.65. The fourth-order valence-corrected chi connectivity index (χ4v) is 4.30. The van der Waals surface area contributed by atoms with Crippen LogP contribution in [-0.2, 0) is 11.2 Å². The number of carbonyl (C=O) groups excluding carboxylic acids is 1. The molecule has 1 aromatic carbocycles. The summed E-state index contributed by atoms with van der Waals surface area (Å²) in [7, 11) is 1.80. The van der Waals surface area contributed by atoms with Crippen LogP contribution in [0.15, 0.2) is 23.2 Å². The number of guanidine groups is 1. The number of halogens is 2. The van der Waals surface area contributed by atoms with Crippen LogP contribution >= 0.6 is 23.2 Å². The van der Waals surface area contributed by atoms with E-state index in [4.69, 9.17) is 23.2 Å². The lowest BCUT2D eigenvalue weighted by atomic mass is 9.79. The predicted octanol–water partition coefficient (Wildman–Crippen LogP) is 2.71. The molecular formula is C18H24Cl2N4O. The Morgan fingerprint density at radius 3 is 2.96 bits per heavy atom. The number of aliphatic imine (C=N–C) groups is 1. The molecule has 2 saturated heterocycles. The third-order valence-electron chi connectivity index (χ3n) is 5.06. The van der Waals surface area contributed by atoms with Crippen molar-refractivity contribution in [1.82, 2.24) is 15.5 Å². The maximum absolute atomic E-state index is 11.6. The van der Waals surface area contributed by atoms with Gasteiger partial charge in [-0.2, -0.15) is 0 Å². The molecule has 25 heavy (non-hydrogen) atoms. The van der Waals surface area contributed by atoms with Crippen molar-refractivity contribution in [3.05, 3.63) is 33.8 Å². The van der Waals surface area contributed by atoms with Crippen LogP contribution in [0.2, 0.25) is 10.0 Å². The molecule has 1 unspecified atom stereocenters. The van der Waals surface area contributed by atoms with Gasteiger partial charge in [-0.1, -0.05) is 29.3 Å². The number of amides is 1. The highest BCUT2D eigenvalue weighted by atomic mass is 35.5. The van der Waals surface area contributed by atoms with Crippen LogP contribution < -0.4 is 10.6 Å². The molecule has 5 nitrogen and oxygen atoms in total. The lowest BCUT2D eigenvalue weighted by molar-refractivity contribution is -0.119. The summed E-state index contributed by atoms with van der Waals surface area (Å²) in [5.41, 5.74) is 1.13. The predicted molar refractivity (Wildman–Crippen MR) is 102 cm³/mol. The minimum atomic E-state index is 0.0619. The van der Waals surface area contributed by atoms with Gasteiger partial charge in [-0.3, -0.25) is 9.79 Å². The Labute approximate surface area is 158 Å². The van der Waals surface area contributed by atoms with E-state index in [0.29, 0.717) is 16.5 Å². The van der Waals surface area contributed by atoms with Crippen molar-refractivity contribution in [2.75, 3.05) is 33.2 Å². The van der Waals surface area contributed by atoms with Crippen molar-refractivity contribution in [3.8, 4) is 0 Å². The van der Waals surface area contributed by atoms with E-state index >= 15 is 0 Å². The Bertz CT molecular complexity index is 679. The molecule has 2 heterocycles. The third kappa shape index (κ3) is 4.39. The molecule has 0 bridgehead atoms. The molecule has 1 atom stereocenters. The Morgan fingerprint density at radius 1 is 1.44 bits per heavy atom. The molecular weight excluding hydrogens is 359 g/mol. The number of piperidine rings is 1. The van der Waals surface area contributed by atoms with E-state index in [1.54, 1.807) is 13.1 Å². The molecule has 1 aromatic rings. The van der Waals surface area contributed by atoms with E-state index in [9.17, 15) is 4.79 Å². The minimum Gasteiger partial charge on any atom is -0.356 e. The fraction of sp³-hybridized carbons (Fsp3) is 0.556. The molecule has 2 aliphatic heterocycles. The maximum Gasteiger partial charge on any atom is 0.220 e. The van der Waals surface area contributed by atoms with Gasteiger partial charge in [-0.15, -0.1) is 0 Å². The van der Waals surface area contributed by atoms with Gasteiger partial charge in [0, 0.05) is 55.1 Å². The highest BCUT2D eigenvalue weighted by molar-refractivity contribution is 6.35. The number of hydrogen-bond acceptors (Lipinski definition) is 2. The van der Waals surface area contributed by atoms with Gasteiger partial charge in [0.05, 0.1) is 0 Å². The molecule has 0 radical (unpaired) electrons. The zero-order chi connectivity index (χ0) is 17.9. The van der Waals surface area contributed by atoms with Crippen LogP contribution in [0.1, 0.15) is 24.8 Å². The van der Waals surface area contributed by atoms with E-state index in [-0.39, 0.29) is 11.3 Å². The second-order valence-corrected chi connectivity index (χ2v) is 7.78. The van der Waals surface area contributed by atoms with Gasteiger partial charge in [0.25, 0.3) is 0 Å². The molecule has 1 amide bonds. The quantitative estimate of drug-likeness (QED) is 0.624. The molecule has 136 valence electrons. The summed E-state index contributed by atoms with van der Waals surface area (Å²) in [6, 6.07) is 5.59. The van der Waals surface area contributed by atoms with Gasteiger partial charge < -0.3 is 15.5 Å². The average Bonchev–Trinajstić information content (AvgIpc) is 2.93. The second-order valence-electron chi connectivity index (χ2n) is 6.94. The monoisotopic (exact) mass is 382 g/mol. The van der Waals surface area contributed by atoms with Gasteiger partial charge in [-0.05, 0) is 37.0 Å². The van der Waals surface area contributed by atoms with Crippen molar-refractivity contribution in [3.63, 3.8) is 0 Å². The first-order valence-electron chi connectivity index (χ1n) is 8.68. The van der Waals surface area contributed by atoms with Crippen LogP contribution in [0, 0.1) is 5.41 Å². The van der Waals surface area contributed by atoms with Crippen LogP contribution in [0.25, 0.3) is 0 Å². The Hall–Kier alpha value is -1.46. The Kier molecular flexibility index (Phi) is 5.74. The summed E-state index contributed by atoms with van der Waals surface area (Å²) in [6.45, 7) is 3.36. The molecule has 2 fully saturated rings. The first-order valence-corrected chi connectivity index (χ1v) is 9.43. The first kappa shape index (κ1) is 18.3. The largest absolute Gasteiger partial charge is 0.356 e. The molecule has 0 aromatic heterocycles. The Balaban J connectivity index is 1.56. The van der Waals surface area contributed by atoms with Crippen molar-refractivity contribution in [2.45, 2.75) is 25.7 Å². The van der Waals surface area contributed by atoms with E-state index in [1.807, 2.05) is 12.1 Å². The molecule has 2 N–H and O–H groups in total. The second kappa shape index (κ2) is 7.83. The molecule has 0 aliphatic carbocycles. The molecule has 2 aliphatic rings. The highest BCUT2D eigenvalue weighted by Crippen LogP contribution is 2.36. The summed E-state index contributed by atoms with van der Waals surface area (Å²) >= 11 is 12.2. The summed E-state index contributed by atoms with van der Waals surface area (Å²) in [4.78, 5) is 18.3. The first-order chi connectivity index (χ1) is 12.0. The van der Waals surface area contributed by atoms with Gasteiger partial charge in [0.2, 0.25) is 5.91 Å². The SMILES string of the molecule is CN=C(NCCc1ccc(Cl)cc1Cl)N1CCCC2(CNC(=O)C2)C1. The summed E-state index contributed by atoms with van der Waals surface area (Å²) < 4.78 is 0. The number of likely N-dealkylation sites (tertiary alicyclic amines) is 1. The van der Waals surface area contributed by atoms with Crippen LogP contribution in [0.5, 0.6) is 0 Å². The van der Waals surface area contributed by atoms with Crippen molar-refractivity contribution >= 4 is 35.1 Å². The normalized spacial score (nSPS) is 23.9. The minimum absolute atomic E-state index is 0.0619. The smallest absolute Gasteiger partial charge is 0.220 e. The molecule has 7 heteroatoms. The number of nitrogens with one attached hydrogen (secondary N) is 2. The van der Waals surface area contributed by atoms with Gasteiger partial charge >= 0.3 is 0 Å². The molecule has 0 saturated carbocycles. The topological polar surface area (TPSA) is 56.7 Å². The summed E-state index contributed by atoms with van der Waals surface area (Å²) in [6.07, 6.45) is 3.60. The lowest BCUT2D eigenvalue weighted by Gasteiger charge is -2.40. The highest BCUT2D eigenvalue weighted by Gasteiger charge is 2.42. The van der Waals surface area contributed by atoms with Gasteiger partial charge in [0.1, 0.15) is 0 Å². The van der Waals surface area contributed by atoms with E-state index in [1.165, 1.54) is 0 Å². The van der Waals surface area contributed by atoms with E-state index in [0.717, 1.165) is 57.0 Å². The zero-order valence-electron chi connectivity index (χ0n) is 14.4. The lowest BCUT2D eigenvalue weighted by Crippen LogP contribution is -2.51. The van der Waals surface area contributed by atoms with Crippen LogP contribution in [-0.4, -0.2) is 50.0 Å². The van der Waals surface area contributed by atoms with Gasteiger partial charge in [-0.25, -0.2) is 0 Å². The number of benzene rings is 1. The standard InChI is InChI=1S/C18H24Cl2N4O/c1-21-17(22-7-5-13-3-4-14(19)9-15(13)20)24-8-2-6-18(12-24)10-16(25)23-11-18/h3-4,9H,2,5-8,10-12H2,1H3,(H,21,22)(H,23,25). The van der Waals surface area contributed by atoms with Crippen molar-refractivity contribution < 1.29 is 4.79 Å². The molecule has 3 rings (SSSR count). The number of carbonyl (C=O) groups is 1. The number of hydrogen-bond donors (Lipinski definition) is 2. The number of rotatable bonds is 3. The molecule has 1 spiro atoms. The van der Waals surface area contributed by atoms with Crippen LogP contribution in [0.4, 0.5) is 0 Å².